The van der Waals surface area contributed by atoms with E-state index in [-0.39, 0.29) is 12.5 Å². The second kappa shape index (κ2) is 7.03. The van der Waals surface area contributed by atoms with Crippen LogP contribution in [0, 0.1) is 28.6 Å². The Kier molecular flexibility index (Phi) is 5.68. The SMILES string of the molecule is CC(C)C(CC#N)c1cc(Br)ccc1OCC#N. The van der Waals surface area contributed by atoms with Crippen molar-refractivity contribution >= 4 is 15.9 Å². The lowest BCUT2D eigenvalue weighted by Crippen LogP contribution is -2.09. The molecule has 1 aromatic carbocycles. The van der Waals surface area contributed by atoms with Crippen molar-refractivity contribution in [3.8, 4) is 17.9 Å². The first-order valence-electron chi connectivity index (χ1n) is 5.76. The molecule has 0 spiro atoms. The van der Waals surface area contributed by atoms with E-state index in [2.05, 4.69) is 35.8 Å². The van der Waals surface area contributed by atoms with Crippen LogP contribution in [0.3, 0.4) is 0 Å². The van der Waals surface area contributed by atoms with E-state index in [0.717, 1.165) is 10.0 Å². The molecule has 1 unspecified atom stereocenters. The van der Waals surface area contributed by atoms with Gasteiger partial charge in [0.2, 0.25) is 0 Å². The Balaban J connectivity index is 3.14. The van der Waals surface area contributed by atoms with Crippen LogP contribution < -0.4 is 4.74 Å². The lowest BCUT2D eigenvalue weighted by atomic mass is 9.86. The van der Waals surface area contributed by atoms with Crippen LogP contribution in [0.25, 0.3) is 0 Å². The monoisotopic (exact) mass is 306 g/mol. The summed E-state index contributed by atoms with van der Waals surface area (Å²) in [5.74, 6) is 1.14. The molecule has 1 aromatic rings. The summed E-state index contributed by atoms with van der Waals surface area (Å²) in [5, 5.41) is 17.5. The van der Waals surface area contributed by atoms with Crippen molar-refractivity contribution < 1.29 is 4.74 Å². The van der Waals surface area contributed by atoms with Gasteiger partial charge in [-0.15, -0.1) is 0 Å². The first-order valence-corrected chi connectivity index (χ1v) is 6.55. The molecule has 0 aliphatic carbocycles. The molecule has 0 aliphatic rings. The van der Waals surface area contributed by atoms with E-state index in [1.165, 1.54) is 0 Å². The number of benzene rings is 1. The lowest BCUT2D eigenvalue weighted by molar-refractivity contribution is 0.355. The molecule has 0 N–H and O–H groups in total. The normalized spacial score (nSPS) is 11.7. The molecule has 0 saturated carbocycles. The lowest BCUT2D eigenvalue weighted by Gasteiger charge is -2.21. The third-order valence-corrected chi connectivity index (χ3v) is 3.27. The van der Waals surface area contributed by atoms with Crippen LogP contribution in [0.5, 0.6) is 5.75 Å². The summed E-state index contributed by atoms with van der Waals surface area (Å²) >= 11 is 3.43. The van der Waals surface area contributed by atoms with E-state index >= 15 is 0 Å². The highest BCUT2D eigenvalue weighted by molar-refractivity contribution is 9.10. The largest absolute Gasteiger partial charge is 0.478 e. The van der Waals surface area contributed by atoms with Gasteiger partial charge in [-0.3, -0.25) is 0 Å². The third kappa shape index (κ3) is 3.75. The van der Waals surface area contributed by atoms with Crippen molar-refractivity contribution in [2.24, 2.45) is 5.92 Å². The van der Waals surface area contributed by atoms with Gasteiger partial charge in [0, 0.05) is 16.8 Å². The van der Waals surface area contributed by atoms with E-state index < -0.39 is 0 Å². The maximum atomic E-state index is 8.93. The zero-order valence-electron chi connectivity index (χ0n) is 10.5. The Morgan fingerprint density at radius 3 is 2.56 bits per heavy atom. The summed E-state index contributed by atoms with van der Waals surface area (Å²) in [6, 6.07) is 9.85. The molecular weight excluding hydrogens is 292 g/mol. The highest BCUT2D eigenvalue weighted by Gasteiger charge is 2.20. The fourth-order valence-electron chi connectivity index (χ4n) is 1.85. The van der Waals surface area contributed by atoms with E-state index in [1.807, 2.05) is 24.3 Å². The molecule has 94 valence electrons. The van der Waals surface area contributed by atoms with E-state index in [4.69, 9.17) is 15.3 Å². The van der Waals surface area contributed by atoms with Crippen LogP contribution >= 0.6 is 15.9 Å². The Labute approximate surface area is 116 Å². The second-order valence-corrected chi connectivity index (χ2v) is 5.26. The Morgan fingerprint density at radius 2 is 2.00 bits per heavy atom. The van der Waals surface area contributed by atoms with E-state index in [9.17, 15) is 0 Å². The van der Waals surface area contributed by atoms with Gasteiger partial charge in [0.05, 0.1) is 6.07 Å². The van der Waals surface area contributed by atoms with Gasteiger partial charge in [-0.25, -0.2) is 0 Å². The van der Waals surface area contributed by atoms with Gasteiger partial charge in [-0.05, 0) is 29.7 Å². The van der Waals surface area contributed by atoms with E-state index in [1.54, 1.807) is 0 Å². The summed E-state index contributed by atoms with van der Waals surface area (Å²) in [7, 11) is 0. The number of halogens is 1. The van der Waals surface area contributed by atoms with Crippen LogP contribution in [-0.4, -0.2) is 6.61 Å². The first kappa shape index (κ1) is 14.5. The molecule has 4 heteroatoms. The van der Waals surface area contributed by atoms with Crippen molar-refractivity contribution in [2.75, 3.05) is 6.61 Å². The Bertz CT molecular complexity index is 486. The minimum Gasteiger partial charge on any atom is -0.478 e. The first-order chi connectivity index (χ1) is 8.60. The Morgan fingerprint density at radius 1 is 1.28 bits per heavy atom. The topological polar surface area (TPSA) is 56.8 Å². The van der Waals surface area contributed by atoms with Crippen molar-refractivity contribution in [1.29, 1.82) is 10.5 Å². The second-order valence-electron chi connectivity index (χ2n) is 4.34. The maximum Gasteiger partial charge on any atom is 0.174 e. The number of hydrogen-bond donors (Lipinski definition) is 0. The predicted octanol–water partition coefficient (Wildman–Crippen LogP) is 4.00. The number of nitriles is 2. The molecule has 0 radical (unpaired) electrons. The number of nitrogens with zero attached hydrogens (tertiary/aromatic N) is 2. The number of ether oxygens (including phenoxy) is 1. The molecule has 0 heterocycles. The molecule has 1 atom stereocenters. The Hall–Kier alpha value is -1.52. The maximum absolute atomic E-state index is 8.93. The minimum absolute atomic E-state index is 0.0198. The summed E-state index contributed by atoms with van der Waals surface area (Å²) in [5.41, 5.74) is 0.983. The molecule has 1 rings (SSSR count). The summed E-state index contributed by atoms with van der Waals surface area (Å²) in [6.45, 7) is 4.18. The average molecular weight is 307 g/mol. The fraction of sp³-hybridized carbons (Fsp3) is 0.429. The number of rotatable bonds is 5. The van der Waals surface area contributed by atoms with Crippen LogP contribution in [0.15, 0.2) is 22.7 Å². The quantitative estimate of drug-likeness (QED) is 0.826. The molecule has 0 aliphatic heterocycles. The van der Waals surface area contributed by atoms with Gasteiger partial charge in [0.1, 0.15) is 11.8 Å². The van der Waals surface area contributed by atoms with Crippen molar-refractivity contribution in [1.82, 2.24) is 0 Å². The van der Waals surface area contributed by atoms with Gasteiger partial charge < -0.3 is 4.74 Å². The van der Waals surface area contributed by atoms with Crippen molar-refractivity contribution in [2.45, 2.75) is 26.2 Å². The van der Waals surface area contributed by atoms with Gasteiger partial charge in [0.25, 0.3) is 0 Å². The highest BCUT2D eigenvalue weighted by Crippen LogP contribution is 2.36. The third-order valence-electron chi connectivity index (χ3n) is 2.78. The summed E-state index contributed by atoms with van der Waals surface area (Å²) in [4.78, 5) is 0. The molecule has 0 saturated heterocycles. The highest BCUT2D eigenvalue weighted by atomic mass is 79.9. The van der Waals surface area contributed by atoms with Crippen molar-refractivity contribution in [3.63, 3.8) is 0 Å². The smallest absolute Gasteiger partial charge is 0.174 e. The molecule has 0 bridgehead atoms. The molecular formula is C14H15BrN2O. The van der Waals surface area contributed by atoms with Crippen LogP contribution in [-0.2, 0) is 0 Å². The fourth-order valence-corrected chi connectivity index (χ4v) is 2.23. The van der Waals surface area contributed by atoms with Crippen LogP contribution in [0.1, 0.15) is 31.7 Å². The molecule has 0 amide bonds. The van der Waals surface area contributed by atoms with Crippen molar-refractivity contribution in [3.05, 3.63) is 28.2 Å². The predicted molar refractivity (Wildman–Crippen MR) is 73.1 cm³/mol. The van der Waals surface area contributed by atoms with Gasteiger partial charge in [-0.2, -0.15) is 10.5 Å². The number of hydrogen-bond acceptors (Lipinski definition) is 3. The standard InChI is InChI=1S/C14H15BrN2O/c1-10(2)12(5-6-16)13-9-11(15)3-4-14(13)18-8-7-17/h3-4,9-10,12H,5,8H2,1-2H3. The summed E-state index contributed by atoms with van der Waals surface area (Å²) in [6.07, 6.45) is 0.442. The van der Waals surface area contributed by atoms with E-state index in [0.29, 0.717) is 18.1 Å². The summed E-state index contributed by atoms with van der Waals surface area (Å²) < 4.78 is 6.38. The average Bonchev–Trinajstić information content (AvgIpc) is 2.34. The van der Waals surface area contributed by atoms with Gasteiger partial charge >= 0.3 is 0 Å². The zero-order valence-corrected chi connectivity index (χ0v) is 12.1. The molecule has 0 aromatic heterocycles. The minimum atomic E-state index is 0.0198. The van der Waals surface area contributed by atoms with Crippen LogP contribution in [0.4, 0.5) is 0 Å². The van der Waals surface area contributed by atoms with Crippen LogP contribution in [0.2, 0.25) is 0 Å². The molecule has 0 fully saturated rings. The molecule has 18 heavy (non-hydrogen) atoms. The molecule has 3 nitrogen and oxygen atoms in total. The van der Waals surface area contributed by atoms with Gasteiger partial charge in [-0.1, -0.05) is 29.8 Å². The van der Waals surface area contributed by atoms with Gasteiger partial charge in [0.15, 0.2) is 6.61 Å². The zero-order chi connectivity index (χ0) is 13.5.